The Morgan fingerprint density at radius 3 is 2.47 bits per heavy atom. The molecule has 2 N–H and O–H groups in total. The molecule has 0 saturated carbocycles. The Balaban J connectivity index is 1.98. The highest BCUT2D eigenvalue weighted by atomic mass is 79.9. The van der Waals surface area contributed by atoms with Crippen LogP contribution in [0.15, 0.2) is 53.3 Å². The monoisotopic (exact) mass is 291 g/mol. The van der Waals surface area contributed by atoms with Gasteiger partial charge >= 0.3 is 6.03 Å². The van der Waals surface area contributed by atoms with E-state index in [0.29, 0.717) is 5.69 Å². The predicted molar refractivity (Wildman–Crippen MR) is 71.0 cm³/mol. The lowest BCUT2D eigenvalue weighted by molar-refractivity contribution is 0.262. The summed E-state index contributed by atoms with van der Waals surface area (Å²) in [6.45, 7) is 0. The minimum Gasteiger partial charge on any atom is -0.308 e. The number of rotatable bonds is 2. The first-order valence-electron chi connectivity index (χ1n) is 4.97. The number of pyridine rings is 1. The van der Waals surface area contributed by atoms with Crippen molar-refractivity contribution in [2.45, 2.75) is 0 Å². The number of nitrogens with one attached hydrogen (secondary N) is 2. The van der Waals surface area contributed by atoms with E-state index in [1.54, 1.807) is 18.5 Å². The second-order valence-corrected chi connectivity index (χ2v) is 4.25. The lowest BCUT2D eigenvalue weighted by Crippen LogP contribution is -2.19. The third kappa shape index (κ3) is 3.57. The number of nitrogens with zero attached hydrogens (tertiary/aromatic N) is 1. The number of anilines is 2. The molecule has 5 heteroatoms. The van der Waals surface area contributed by atoms with Crippen LogP contribution in [0, 0.1) is 0 Å². The third-order valence-electron chi connectivity index (χ3n) is 1.99. The Morgan fingerprint density at radius 1 is 1.06 bits per heavy atom. The van der Waals surface area contributed by atoms with Crippen molar-refractivity contribution in [3.05, 3.63) is 53.3 Å². The molecule has 0 spiro atoms. The van der Waals surface area contributed by atoms with Crippen LogP contribution >= 0.6 is 15.9 Å². The SMILES string of the molecule is O=C(Nc1ccccc1)Nc1cncc(Br)c1. The van der Waals surface area contributed by atoms with Crippen molar-refractivity contribution in [1.29, 1.82) is 0 Å². The van der Waals surface area contributed by atoms with E-state index in [4.69, 9.17) is 0 Å². The molecule has 0 aliphatic rings. The van der Waals surface area contributed by atoms with Crippen LogP contribution in [0.1, 0.15) is 0 Å². The molecule has 1 aromatic carbocycles. The van der Waals surface area contributed by atoms with Crippen LogP contribution in [0.3, 0.4) is 0 Å². The fourth-order valence-electron chi connectivity index (χ4n) is 1.30. The number of hydrogen-bond acceptors (Lipinski definition) is 2. The van der Waals surface area contributed by atoms with Crippen LogP contribution in [-0.4, -0.2) is 11.0 Å². The standard InChI is InChI=1S/C12H10BrN3O/c13-9-6-11(8-14-7-9)16-12(17)15-10-4-2-1-3-5-10/h1-8H,(H2,15,16,17). The Hall–Kier alpha value is -1.88. The van der Waals surface area contributed by atoms with Gasteiger partial charge in [0, 0.05) is 16.4 Å². The third-order valence-corrected chi connectivity index (χ3v) is 2.43. The molecule has 0 aliphatic heterocycles. The number of halogens is 1. The molecule has 0 saturated heterocycles. The van der Waals surface area contributed by atoms with Crippen molar-refractivity contribution in [2.24, 2.45) is 0 Å². The summed E-state index contributed by atoms with van der Waals surface area (Å²) < 4.78 is 0.815. The summed E-state index contributed by atoms with van der Waals surface area (Å²) in [5.74, 6) is 0. The molecule has 0 aliphatic carbocycles. The van der Waals surface area contributed by atoms with Crippen molar-refractivity contribution in [3.8, 4) is 0 Å². The van der Waals surface area contributed by atoms with Crippen molar-refractivity contribution < 1.29 is 4.79 Å². The maximum Gasteiger partial charge on any atom is 0.323 e. The average molecular weight is 292 g/mol. The first-order valence-corrected chi connectivity index (χ1v) is 5.77. The molecule has 1 heterocycles. The maximum absolute atomic E-state index is 11.6. The Bertz CT molecular complexity index is 516. The largest absolute Gasteiger partial charge is 0.323 e. The number of para-hydroxylation sites is 1. The normalized spacial score (nSPS) is 9.71. The smallest absolute Gasteiger partial charge is 0.308 e. The quantitative estimate of drug-likeness (QED) is 0.890. The number of carbonyl (C=O) groups is 1. The fraction of sp³-hybridized carbons (Fsp3) is 0. The first kappa shape index (κ1) is 11.6. The van der Waals surface area contributed by atoms with Gasteiger partial charge in [0.1, 0.15) is 0 Å². The fourth-order valence-corrected chi connectivity index (χ4v) is 1.66. The van der Waals surface area contributed by atoms with E-state index < -0.39 is 0 Å². The van der Waals surface area contributed by atoms with Crippen molar-refractivity contribution >= 4 is 33.3 Å². The van der Waals surface area contributed by atoms with Gasteiger partial charge in [0.15, 0.2) is 0 Å². The summed E-state index contributed by atoms with van der Waals surface area (Å²) >= 11 is 3.28. The van der Waals surface area contributed by atoms with Gasteiger partial charge < -0.3 is 10.6 Å². The van der Waals surface area contributed by atoms with E-state index >= 15 is 0 Å². The lowest BCUT2D eigenvalue weighted by Gasteiger charge is -2.07. The van der Waals surface area contributed by atoms with Gasteiger partial charge in [-0.3, -0.25) is 4.98 Å². The summed E-state index contributed by atoms with van der Waals surface area (Å²) in [5.41, 5.74) is 1.38. The highest BCUT2D eigenvalue weighted by Crippen LogP contribution is 2.14. The molecule has 0 fully saturated rings. The van der Waals surface area contributed by atoms with Gasteiger partial charge in [-0.05, 0) is 34.1 Å². The summed E-state index contributed by atoms with van der Waals surface area (Å²) in [7, 11) is 0. The van der Waals surface area contributed by atoms with E-state index in [-0.39, 0.29) is 6.03 Å². The Kier molecular flexibility index (Phi) is 3.72. The second-order valence-electron chi connectivity index (χ2n) is 3.34. The molecule has 0 atom stereocenters. The van der Waals surface area contributed by atoms with Crippen LogP contribution in [0.2, 0.25) is 0 Å². The Labute approximate surface area is 107 Å². The van der Waals surface area contributed by atoms with E-state index in [0.717, 1.165) is 10.2 Å². The van der Waals surface area contributed by atoms with Gasteiger partial charge in [0.25, 0.3) is 0 Å². The van der Waals surface area contributed by atoms with Gasteiger partial charge in [-0.25, -0.2) is 4.79 Å². The zero-order valence-corrected chi connectivity index (χ0v) is 10.4. The summed E-state index contributed by atoms with van der Waals surface area (Å²) in [6, 6.07) is 10.7. The molecule has 2 rings (SSSR count). The molecule has 4 nitrogen and oxygen atoms in total. The molecule has 17 heavy (non-hydrogen) atoms. The highest BCUT2D eigenvalue weighted by Gasteiger charge is 2.02. The second kappa shape index (κ2) is 5.45. The molecule has 0 radical (unpaired) electrons. The molecule has 2 amide bonds. The topological polar surface area (TPSA) is 54.0 Å². The van der Waals surface area contributed by atoms with Gasteiger partial charge in [0.2, 0.25) is 0 Å². The molecule has 1 aromatic heterocycles. The Morgan fingerprint density at radius 2 is 1.76 bits per heavy atom. The minimum atomic E-state index is -0.295. The predicted octanol–water partition coefficient (Wildman–Crippen LogP) is 3.49. The highest BCUT2D eigenvalue weighted by molar-refractivity contribution is 9.10. The number of benzene rings is 1. The lowest BCUT2D eigenvalue weighted by atomic mass is 10.3. The number of hydrogen-bond donors (Lipinski definition) is 2. The van der Waals surface area contributed by atoms with Crippen molar-refractivity contribution in [3.63, 3.8) is 0 Å². The molecular weight excluding hydrogens is 282 g/mol. The molecular formula is C12H10BrN3O. The van der Waals surface area contributed by atoms with Gasteiger partial charge in [-0.1, -0.05) is 18.2 Å². The molecule has 0 bridgehead atoms. The molecule has 2 aromatic rings. The van der Waals surface area contributed by atoms with E-state index in [1.807, 2.05) is 30.3 Å². The molecule has 0 unspecified atom stereocenters. The zero-order valence-electron chi connectivity index (χ0n) is 8.85. The summed E-state index contributed by atoms with van der Waals surface area (Å²) in [6.07, 6.45) is 3.23. The summed E-state index contributed by atoms with van der Waals surface area (Å²) in [5, 5.41) is 5.41. The van der Waals surface area contributed by atoms with Crippen LogP contribution in [0.5, 0.6) is 0 Å². The van der Waals surface area contributed by atoms with Gasteiger partial charge in [-0.2, -0.15) is 0 Å². The van der Waals surface area contributed by atoms with E-state index in [2.05, 4.69) is 31.5 Å². The van der Waals surface area contributed by atoms with Crippen molar-refractivity contribution in [1.82, 2.24) is 4.98 Å². The number of amides is 2. The van der Waals surface area contributed by atoms with Crippen LogP contribution in [0.25, 0.3) is 0 Å². The zero-order chi connectivity index (χ0) is 12.1. The van der Waals surface area contributed by atoms with Crippen LogP contribution < -0.4 is 10.6 Å². The van der Waals surface area contributed by atoms with E-state index in [1.165, 1.54) is 0 Å². The first-order chi connectivity index (χ1) is 8.24. The van der Waals surface area contributed by atoms with Crippen molar-refractivity contribution in [2.75, 3.05) is 10.6 Å². The summed E-state index contributed by atoms with van der Waals surface area (Å²) in [4.78, 5) is 15.6. The number of carbonyl (C=O) groups excluding carboxylic acids is 1. The van der Waals surface area contributed by atoms with Crippen LogP contribution in [0.4, 0.5) is 16.2 Å². The molecule has 86 valence electrons. The number of urea groups is 1. The van der Waals surface area contributed by atoms with Crippen LogP contribution in [-0.2, 0) is 0 Å². The van der Waals surface area contributed by atoms with Gasteiger partial charge in [0.05, 0.1) is 11.9 Å². The number of aromatic nitrogens is 1. The van der Waals surface area contributed by atoms with Gasteiger partial charge in [-0.15, -0.1) is 0 Å². The minimum absolute atomic E-state index is 0.295. The van der Waals surface area contributed by atoms with E-state index in [9.17, 15) is 4.79 Å². The average Bonchev–Trinajstić information content (AvgIpc) is 2.30. The maximum atomic E-state index is 11.6.